The van der Waals surface area contributed by atoms with Crippen molar-refractivity contribution < 1.29 is 66.7 Å². The summed E-state index contributed by atoms with van der Waals surface area (Å²) in [4.78, 5) is 67.5. The maximum absolute atomic E-state index is 12.2. The first-order valence-electron chi connectivity index (χ1n) is 13.3. The van der Waals surface area contributed by atoms with Crippen molar-refractivity contribution in [3.8, 4) is 17.2 Å². The summed E-state index contributed by atoms with van der Waals surface area (Å²) in [6.07, 6.45) is -0.240. The Morgan fingerprint density at radius 3 is 1.45 bits per heavy atom. The van der Waals surface area contributed by atoms with Crippen LogP contribution in [-0.4, -0.2) is 56.9 Å². The molecule has 47 heavy (non-hydrogen) atoms. The summed E-state index contributed by atoms with van der Waals surface area (Å²) in [7, 11) is 1.26. The maximum Gasteiger partial charge on any atom is 0.516 e. The van der Waals surface area contributed by atoms with Gasteiger partial charge in [-0.15, -0.1) is 0 Å². The summed E-state index contributed by atoms with van der Waals surface area (Å²) in [5, 5.41) is 0. The van der Waals surface area contributed by atoms with Crippen molar-refractivity contribution in [2.75, 3.05) is 20.7 Å². The van der Waals surface area contributed by atoms with Crippen LogP contribution in [0, 0.1) is 13.8 Å². The first kappa shape index (κ1) is 36.8. The molecular weight excluding hydrogens is 620 g/mol. The SMILES string of the molecule is C=CC(=O)OCOC(=O)Oc1ccc(C(=O)OC)cc1.C=CC(=O)OCOC(=O)Oc1ccc(C(=O)Oc2ccc(C)cc2C)cc1. The molecule has 0 aliphatic heterocycles. The van der Waals surface area contributed by atoms with Crippen molar-refractivity contribution in [3.63, 3.8) is 0 Å². The largest absolute Gasteiger partial charge is 0.516 e. The zero-order chi connectivity index (χ0) is 34.8. The maximum atomic E-state index is 12.2. The third-order valence-corrected chi connectivity index (χ3v) is 5.39. The molecule has 0 aromatic heterocycles. The summed E-state index contributed by atoms with van der Waals surface area (Å²) in [6.45, 7) is 9.00. The third-order valence-electron chi connectivity index (χ3n) is 5.39. The van der Waals surface area contributed by atoms with Crippen molar-refractivity contribution in [1.82, 2.24) is 0 Å². The Labute approximate surface area is 269 Å². The number of rotatable bonds is 11. The quantitative estimate of drug-likeness (QED) is 0.0643. The van der Waals surface area contributed by atoms with Crippen molar-refractivity contribution in [3.05, 3.63) is 114 Å². The van der Waals surface area contributed by atoms with Crippen LogP contribution >= 0.6 is 0 Å². The molecule has 0 saturated heterocycles. The second-order valence-corrected chi connectivity index (χ2v) is 8.76. The molecule has 3 rings (SSSR count). The highest BCUT2D eigenvalue weighted by molar-refractivity contribution is 5.91. The number of hydrogen-bond acceptors (Lipinski definition) is 14. The lowest BCUT2D eigenvalue weighted by atomic mass is 10.1. The van der Waals surface area contributed by atoms with E-state index in [9.17, 15) is 28.8 Å². The van der Waals surface area contributed by atoms with Gasteiger partial charge in [-0.1, -0.05) is 30.9 Å². The van der Waals surface area contributed by atoms with E-state index in [1.54, 1.807) is 6.07 Å². The van der Waals surface area contributed by atoms with Crippen LogP contribution in [0.15, 0.2) is 92.0 Å². The van der Waals surface area contributed by atoms with Gasteiger partial charge in [0.2, 0.25) is 13.6 Å². The predicted molar refractivity (Wildman–Crippen MR) is 162 cm³/mol. The zero-order valence-electron chi connectivity index (χ0n) is 25.5. The monoisotopic (exact) mass is 650 g/mol. The van der Waals surface area contributed by atoms with E-state index in [1.807, 2.05) is 26.0 Å². The molecule has 0 fully saturated rings. The summed E-state index contributed by atoms with van der Waals surface area (Å²) >= 11 is 0. The van der Waals surface area contributed by atoms with Gasteiger partial charge < -0.3 is 37.9 Å². The summed E-state index contributed by atoms with van der Waals surface area (Å²) in [6, 6.07) is 16.9. The number of methoxy groups -OCH3 is 1. The van der Waals surface area contributed by atoms with Crippen LogP contribution in [0.2, 0.25) is 0 Å². The lowest BCUT2D eigenvalue weighted by molar-refractivity contribution is -0.147. The number of benzene rings is 3. The molecule has 0 aliphatic carbocycles. The molecule has 0 aliphatic rings. The first-order chi connectivity index (χ1) is 22.4. The topological polar surface area (TPSA) is 176 Å². The second kappa shape index (κ2) is 19.1. The van der Waals surface area contributed by atoms with Crippen LogP contribution in [0.3, 0.4) is 0 Å². The predicted octanol–water partition coefficient (Wildman–Crippen LogP) is 5.40. The number of carbonyl (C=O) groups is 6. The molecule has 0 bridgehead atoms. The molecule has 0 radical (unpaired) electrons. The molecule has 0 heterocycles. The minimum Gasteiger partial charge on any atom is -0.465 e. The Morgan fingerprint density at radius 1 is 0.596 bits per heavy atom. The Bertz CT molecular complexity index is 1590. The molecule has 0 atom stereocenters. The molecule has 3 aromatic rings. The molecular formula is C33H30O14. The molecule has 0 spiro atoms. The molecule has 0 unspecified atom stereocenters. The minimum absolute atomic E-state index is 0.151. The Hall–Kier alpha value is -6.44. The highest BCUT2D eigenvalue weighted by Crippen LogP contribution is 2.21. The van der Waals surface area contributed by atoms with Gasteiger partial charge in [-0.25, -0.2) is 28.8 Å². The fraction of sp³-hybridized carbons (Fsp3) is 0.152. The number of hydrogen-bond donors (Lipinski definition) is 0. The Morgan fingerprint density at radius 2 is 1.04 bits per heavy atom. The van der Waals surface area contributed by atoms with Gasteiger partial charge in [0.25, 0.3) is 0 Å². The standard InChI is InChI=1S/C20H18O7.C13H12O7/c1-4-18(21)24-12-25-20(23)26-16-8-6-15(7-9-16)19(22)27-17-10-5-13(2)11-14(17)3;1-3-11(14)18-8-19-13(16)20-10-6-4-9(5-7-10)12(15)17-2/h4-11H,1,12H2,2-3H3;3-7H,1,8H2,2H3. The number of aryl methyl sites for hydroxylation is 2. The first-order valence-corrected chi connectivity index (χ1v) is 13.3. The fourth-order valence-electron chi connectivity index (χ4n) is 3.15. The van der Waals surface area contributed by atoms with Crippen LogP contribution < -0.4 is 14.2 Å². The van der Waals surface area contributed by atoms with Gasteiger partial charge in [-0.2, -0.15) is 0 Å². The van der Waals surface area contributed by atoms with Gasteiger partial charge in [0.05, 0.1) is 18.2 Å². The van der Waals surface area contributed by atoms with Crippen molar-refractivity contribution in [1.29, 1.82) is 0 Å². The van der Waals surface area contributed by atoms with Crippen molar-refractivity contribution in [2.45, 2.75) is 13.8 Å². The Kier molecular flexibility index (Phi) is 14.9. The van der Waals surface area contributed by atoms with E-state index in [2.05, 4.69) is 36.8 Å². The van der Waals surface area contributed by atoms with Crippen LogP contribution in [0.25, 0.3) is 0 Å². The van der Waals surface area contributed by atoms with Gasteiger partial charge >= 0.3 is 36.2 Å². The Balaban J connectivity index is 0.000000343. The van der Waals surface area contributed by atoms with Gasteiger partial charge in [-0.05, 0) is 74.0 Å². The number of esters is 4. The number of carbonyl (C=O) groups excluding carboxylic acids is 6. The smallest absolute Gasteiger partial charge is 0.465 e. The molecule has 0 N–H and O–H groups in total. The summed E-state index contributed by atoms with van der Waals surface area (Å²) in [5.74, 6) is -1.70. The molecule has 246 valence electrons. The van der Waals surface area contributed by atoms with E-state index in [0.29, 0.717) is 11.3 Å². The van der Waals surface area contributed by atoms with Crippen molar-refractivity contribution in [2.24, 2.45) is 0 Å². The van der Waals surface area contributed by atoms with Gasteiger partial charge in [-0.3, -0.25) is 0 Å². The van der Waals surface area contributed by atoms with Crippen molar-refractivity contribution >= 4 is 36.2 Å². The summed E-state index contributed by atoms with van der Waals surface area (Å²) < 4.78 is 37.5. The van der Waals surface area contributed by atoms with Crippen LogP contribution in [0.5, 0.6) is 17.2 Å². The molecule has 14 nitrogen and oxygen atoms in total. The molecule has 14 heteroatoms. The van der Waals surface area contributed by atoms with E-state index >= 15 is 0 Å². The van der Waals surface area contributed by atoms with E-state index in [1.165, 1.54) is 55.6 Å². The van der Waals surface area contributed by atoms with Gasteiger partial charge in [0.15, 0.2) is 0 Å². The lowest BCUT2D eigenvalue weighted by Gasteiger charge is -2.09. The average Bonchev–Trinajstić information content (AvgIpc) is 3.06. The fourth-order valence-corrected chi connectivity index (χ4v) is 3.15. The molecule has 0 saturated carbocycles. The van der Waals surface area contributed by atoms with Gasteiger partial charge in [0.1, 0.15) is 17.2 Å². The third kappa shape index (κ3) is 13.4. The molecule has 0 amide bonds. The molecule has 3 aromatic carbocycles. The lowest BCUT2D eigenvalue weighted by Crippen LogP contribution is -2.15. The minimum atomic E-state index is -1.06. The van der Waals surface area contributed by atoms with E-state index in [4.69, 9.17) is 14.2 Å². The van der Waals surface area contributed by atoms with Crippen LogP contribution in [-0.2, 0) is 33.3 Å². The number of ether oxygens (including phenoxy) is 8. The van der Waals surface area contributed by atoms with Gasteiger partial charge in [0, 0.05) is 12.2 Å². The summed E-state index contributed by atoms with van der Waals surface area (Å²) in [5.41, 5.74) is 2.52. The van der Waals surface area contributed by atoms with Crippen LogP contribution in [0.4, 0.5) is 9.59 Å². The zero-order valence-corrected chi connectivity index (χ0v) is 25.5. The highest BCUT2D eigenvalue weighted by atomic mass is 16.8. The average molecular weight is 651 g/mol. The highest BCUT2D eigenvalue weighted by Gasteiger charge is 2.13. The van der Waals surface area contributed by atoms with E-state index in [0.717, 1.165) is 23.3 Å². The normalized spacial score (nSPS) is 9.60. The van der Waals surface area contributed by atoms with Crippen LogP contribution in [0.1, 0.15) is 31.8 Å². The second-order valence-electron chi connectivity index (χ2n) is 8.76. The van der Waals surface area contributed by atoms with E-state index in [-0.39, 0.29) is 17.1 Å². The van der Waals surface area contributed by atoms with E-state index < -0.39 is 49.8 Å².